The normalized spacial score (nSPS) is 27.6. The number of imide groups is 1. The third-order valence-corrected chi connectivity index (χ3v) is 8.06. The van der Waals surface area contributed by atoms with Crippen molar-refractivity contribution in [1.29, 1.82) is 0 Å². The molecule has 0 aromatic heterocycles. The number of primary amides is 1. The van der Waals surface area contributed by atoms with E-state index in [0.717, 1.165) is 0 Å². The van der Waals surface area contributed by atoms with Gasteiger partial charge in [-0.3, -0.25) is 29.4 Å². The Kier molecular flexibility index (Phi) is 5.03. The Hall–Kier alpha value is -3.63. The van der Waals surface area contributed by atoms with Crippen molar-refractivity contribution < 1.29 is 28.7 Å². The number of anilines is 1. The van der Waals surface area contributed by atoms with Gasteiger partial charge >= 0.3 is 0 Å². The number of nitrogens with two attached hydrogens (primary N) is 1. The number of halogens is 1. The third kappa shape index (κ3) is 3.07. The SMILES string of the molecule is Cc1c(Cl)ccc2c1NC(=O)[C@]21N[C@H](CCC(N)=O)[C@H]2C(=O)N(Cc3ccc4c(c3)OCO4)C(=O)[C@H]21. The van der Waals surface area contributed by atoms with Gasteiger partial charge < -0.3 is 20.5 Å². The number of hydrogen-bond acceptors (Lipinski definition) is 7. The molecule has 0 aliphatic carbocycles. The van der Waals surface area contributed by atoms with Gasteiger partial charge in [0.1, 0.15) is 5.54 Å². The zero-order chi connectivity index (χ0) is 25.4. The summed E-state index contributed by atoms with van der Waals surface area (Å²) in [5.74, 6) is -2.48. The average molecular weight is 511 g/mol. The second kappa shape index (κ2) is 7.94. The number of benzene rings is 2. The van der Waals surface area contributed by atoms with Gasteiger partial charge in [0.05, 0.1) is 24.1 Å². The van der Waals surface area contributed by atoms with Gasteiger partial charge in [-0.15, -0.1) is 0 Å². The number of nitrogens with zero attached hydrogens (tertiary/aromatic N) is 1. The Labute approximate surface area is 211 Å². The first-order chi connectivity index (χ1) is 17.2. The van der Waals surface area contributed by atoms with Crippen LogP contribution >= 0.6 is 11.6 Å². The lowest BCUT2D eigenvalue weighted by atomic mass is 9.76. The first-order valence-corrected chi connectivity index (χ1v) is 12.0. The zero-order valence-corrected chi connectivity index (χ0v) is 20.1. The molecule has 2 saturated heterocycles. The highest BCUT2D eigenvalue weighted by atomic mass is 35.5. The van der Waals surface area contributed by atoms with Crippen molar-refractivity contribution in [3.63, 3.8) is 0 Å². The Morgan fingerprint density at radius 3 is 2.72 bits per heavy atom. The number of carbonyl (C=O) groups is 4. The van der Waals surface area contributed by atoms with Gasteiger partial charge in [-0.2, -0.15) is 0 Å². The fourth-order valence-electron chi connectivity index (χ4n) is 5.97. The number of likely N-dealkylation sites (tertiary alicyclic amines) is 1. The zero-order valence-electron chi connectivity index (χ0n) is 19.3. The minimum Gasteiger partial charge on any atom is -0.454 e. The first kappa shape index (κ1) is 22.8. The van der Waals surface area contributed by atoms with E-state index < -0.39 is 47.0 Å². The molecule has 4 heterocycles. The molecule has 36 heavy (non-hydrogen) atoms. The van der Waals surface area contributed by atoms with E-state index in [1.807, 2.05) is 0 Å². The predicted octanol–water partition coefficient (Wildman–Crippen LogP) is 1.56. The van der Waals surface area contributed by atoms with E-state index in [-0.39, 0.29) is 26.2 Å². The van der Waals surface area contributed by atoms with Crippen LogP contribution < -0.4 is 25.8 Å². The standard InChI is InChI=1S/C25H23ClN4O6/c1-11-14(26)4-3-13-21(11)28-24(34)25(13)20-19(15(29-25)5-7-18(27)31)22(32)30(23(20)33)9-12-2-6-16-17(8-12)36-10-35-16/h2-4,6,8,15,19-20,29H,5,7,9-10H2,1H3,(H2,27,31)(H,28,34)/t15-,19-,20+,25+/m1/s1. The maximum absolute atomic E-state index is 13.9. The van der Waals surface area contributed by atoms with E-state index in [0.29, 0.717) is 38.9 Å². The van der Waals surface area contributed by atoms with Crippen LogP contribution in [0.2, 0.25) is 5.02 Å². The van der Waals surface area contributed by atoms with Crippen molar-refractivity contribution in [3.05, 3.63) is 52.0 Å². The molecule has 4 N–H and O–H groups in total. The van der Waals surface area contributed by atoms with Gasteiger partial charge in [-0.05, 0) is 42.7 Å². The van der Waals surface area contributed by atoms with Gasteiger partial charge in [0.2, 0.25) is 30.4 Å². The number of nitrogens with one attached hydrogen (secondary N) is 2. The highest BCUT2D eigenvalue weighted by molar-refractivity contribution is 6.32. The monoisotopic (exact) mass is 510 g/mol. The maximum Gasteiger partial charge on any atom is 0.250 e. The molecule has 10 nitrogen and oxygen atoms in total. The molecule has 4 atom stereocenters. The van der Waals surface area contributed by atoms with Crippen LogP contribution in [0.4, 0.5) is 5.69 Å². The van der Waals surface area contributed by atoms with Crippen LogP contribution in [0.1, 0.15) is 29.5 Å². The van der Waals surface area contributed by atoms with Crippen molar-refractivity contribution in [1.82, 2.24) is 10.2 Å². The molecule has 2 fully saturated rings. The van der Waals surface area contributed by atoms with E-state index in [1.165, 1.54) is 4.90 Å². The van der Waals surface area contributed by atoms with Crippen LogP contribution in [0, 0.1) is 18.8 Å². The average Bonchev–Trinajstić information content (AvgIpc) is 3.57. The molecule has 4 aliphatic rings. The summed E-state index contributed by atoms with van der Waals surface area (Å²) in [5.41, 5.74) is 6.38. The van der Waals surface area contributed by atoms with Crippen LogP contribution in [0.25, 0.3) is 0 Å². The second-order valence-electron chi connectivity index (χ2n) is 9.57. The number of ether oxygens (including phenoxy) is 2. The molecule has 2 aromatic carbocycles. The lowest BCUT2D eigenvalue weighted by molar-refractivity contribution is -0.143. The van der Waals surface area contributed by atoms with Crippen molar-refractivity contribution in [2.24, 2.45) is 17.6 Å². The number of rotatable bonds is 5. The second-order valence-corrected chi connectivity index (χ2v) is 9.97. The molecule has 4 amide bonds. The molecule has 0 radical (unpaired) electrons. The highest BCUT2D eigenvalue weighted by Crippen LogP contribution is 2.54. The maximum atomic E-state index is 13.9. The molecule has 0 unspecified atom stereocenters. The van der Waals surface area contributed by atoms with Gasteiger partial charge in [-0.1, -0.05) is 23.7 Å². The van der Waals surface area contributed by atoms with Gasteiger partial charge in [0.15, 0.2) is 11.5 Å². The van der Waals surface area contributed by atoms with E-state index >= 15 is 0 Å². The molecule has 0 bridgehead atoms. The lowest BCUT2D eigenvalue weighted by Gasteiger charge is -2.29. The molecular formula is C25H23ClN4O6. The summed E-state index contributed by atoms with van der Waals surface area (Å²) < 4.78 is 10.8. The largest absolute Gasteiger partial charge is 0.454 e. The number of amides is 4. The number of carbonyl (C=O) groups excluding carboxylic acids is 4. The first-order valence-electron chi connectivity index (χ1n) is 11.6. The molecule has 11 heteroatoms. The summed E-state index contributed by atoms with van der Waals surface area (Å²) in [5, 5.41) is 6.64. The molecule has 6 rings (SSSR count). The third-order valence-electron chi connectivity index (χ3n) is 7.66. The van der Waals surface area contributed by atoms with Crippen LogP contribution in [0.15, 0.2) is 30.3 Å². The summed E-state index contributed by atoms with van der Waals surface area (Å²) in [4.78, 5) is 53.9. The molecule has 2 aromatic rings. The Balaban J connectivity index is 1.41. The topological polar surface area (TPSA) is 140 Å². The number of hydrogen-bond donors (Lipinski definition) is 3. The molecule has 0 saturated carbocycles. The number of fused-ring (bicyclic) bond motifs is 5. The quantitative estimate of drug-likeness (QED) is 0.518. The van der Waals surface area contributed by atoms with Crippen LogP contribution in [0.3, 0.4) is 0 Å². The Morgan fingerprint density at radius 2 is 1.94 bits per heavy atom. The van der Waals surface area contributed by atoms with E-state index in [2.05, 4.69) is 10.6 Å². The Morgan fingerprint density at radius 1 is 1.17 bits per heavy atom. The summed E-state index contributed by atoms with van der Waals surface area (Å²) in [7, 11) is 0. The minimum absolute atomic E-state index is 0.00865. The summed E-state index contributed by atoms with van der Waals surface area (Å²) in [6.07, 6.45) is 0.221. The lowest BCUT2D eigenvalue weighted by Crippen LogP contribution is -2.53. The van der Waals surface area contributed by atoms with E-state index in [1.54, 1.807) is 37.3 Å². The highest BCUT2D eigenvalue weighted by Gasteiger charge is 2.70. The molecule has 4 aliphatic heterocycles. The van der Waals surface area contributed by atoms with E-state index in [4.69, 9.17) is 26.8 Å². The summed E-state index contributed by atoms with van der Waals surface area (Å²) in [6, 6.07) is 8.02. The van der Waals surface area contributed by atoms with Crippen molar-refractivity contribution in [2.45, 2.75) is 37.9 Å². The predicted molar refractivity (Wildman–Crippen MR) is 127 cm³/mol. The van der Waals surface area contributed by atoms with Crippen LogP contribution in [0.5, 0.6) is 11.5 Å². The van der Waals surface area contributed by atoms with Gasteiger partial charge in [0.25, 0.3) is 0 Å². The van der Waals surface area contributed by atoms with Crippen molar-refractivity contribution in [3.8, 4) is 11.5 Å². The smallest absolute Gasteiger partial charge is 0.250 e. The molecular weight excluding hydrogens is 488 g/mol. The summed E-state index contributed by atoms with van der Waals surface area (Å²) >= 11 is 6.29. The van der Waals surface area contributed by atoms with Gasteiger partial charge in [0, 0.05) is 23.0 Å². The molecule has 1 spiro atoms. The summed E-state index contributed by atoms with van der Waals surface area (Å²) in [6.45, 7) is 1.91. The van der Waals surface area contributed by atoms with Crippen molar-refractivity contribution >= 4 is 40.9 Å². The van der Waals surface area contributed by atoms with E-state index in [9.17, 15) is 19.2 Å². The fraction of sp³-hybridized carbons (Fsp3) is 0.360. The van der Waals surface area contributed by atoms with Crippen LogP contribution in [-0.4, -0.2) is 41.4 Å². The van der Waals surface area contributed by atoms with Crippen molar-refractivity contribution in [2.75, 3.05) is 12.1 Å². The van der Waals surface area contributed by atoms with Gasteiger partial charge in [-0.25, -0.2) is 0 Å². The van der Waals surface area contributed by atoms with Crippen LogP contribution in [-0.2, 0) is 31.3 Å². The minimum atomic E-state index is -1.46. The Bertz CT molecular complexity index is 1360. The fourth-order valence-corrected chi connectivity index (χ4v) is 6.13. The molecule has 186 valence electrons.